The van der Waals surface area contributed by atoms with Crippen LogP contribution in [-0.4, -0.2) is 29.8 Å². The van der Waals surface area contributed by atoms with Gasteiger partial charge in [0.2, 0.25) is 11.7 Å². The fourth-order valence-electron chi connectivity index (χ4n) is 2.64. The van der Waals surface area contributed by atoms with Crippen molar-refractivity contribution in [3.63, 3.8) is 0 Å². The highest BCUT2D eigenvalue weighted by Gasteiger charge is 2.41. The molecule has 2 aliphatic heterocycles. The third-order valence-electron chi connectivity index (χ3n) is 4.00. The minimum Gasteiger partial charge on any atom is -0.367 e. The molecule has 2 atom stereocenters. The van der Waals surface area contributed by atoms with Crippen LogP contribution in [-0.2, 0) is 15.8 Å². The molecular weight excluding hydrogens is 218 g/mol. The largest absolute Gasteiger partial charge is 0.367 e. The van der Waals surface area contributed by atoms with Crippen LogP contribution in [0.2, 0.25) is 0 Å². The molecule has 17 heavy (non-hydrogen) atoms. The zero-order valence-corrected chi connectivity index (χ0v) is 10.5. The third kappa shape index (κ3) is 1.77. The average Bonchev–Trinajstić information content (AvgIpc) is 2.97. The number of hydrogen-bond acceptors (Lipinski definition) is 5. The summed E-state index contributed by atoms with van der Waals surface area (Å²) in [6, 6.07) is 0. The predicted octanol–water partition coefficient (Wildman–Crippen LogP) is 1.35. The van der Waals surface area contributed by atoms with Crippen LogP contribution >= 0.6 is 0 Å². The minimum absolute atomic E-state index is 0.0137. The quantitative estimate of drug-likeness (QED) is 0.841. The second kappa shape index (κ2) is 3.78. The molecule has 0 aromatic carbocycles. The van der Waals surface area contributed by atoms with E-state index >= 15 is 0 Å². The van der Waals surface area contributed by atoms with E-state index in [1.807, 2.05) is 6.92 Å². The van der Waals surface area contributed by atoms with Crippen molar-refractivity contribution >= 4 is 0 Å². The predicted molar refractivity (Wildman–Crippen MR) is 61.7 cm³/mol. The number of nitrogens with one attached hydrogen (secondary N) is 1. The molecule has 0 saturated carbocycles. The summed E-state index contributed by atoms with van der Waals surface area (Å²) in [6.45, 7) is 6.93. The molecule has 5 heteroatoms. The Bertz CT molecular complexity index is 367. The van der Waals surface area contributed by atoms with Crippen LogP contribution in [0.3, 0.4) is 0 Å². The van der Waals surface area contributed by atoms with Crippen LogP contribution in [0.25, 0.3) is 0 Å². The molecule has 0 spiro atoms. The van der Waals surface area contributed by atoms with Gasteiger partial charge in [-0.25, -0.2) is 0 Å². The Hall–Kier alpha value is -0.940. The Kier molecular flexibility index (Phi) is 2.48. The second-order valence-electron chi connectivity index (χ2n) is 5.59. The molecule has 0 amide bonds. The Morgan fingerprint density at radius 2 is 2.18 bits per heavy atom. The van der Waals surface area contributed by atoms with E-state index in [-0.39, 0.29) is 11.0 Å². The summed E-state index contributed by atoms with van der Waals surface area (Å²) >= 11 is 0. The van der Waals surface area contributed by atoms with Gasteiger partial charge in [-0.2, -0.15) is 4.98 Å². The molecule has 94 valence electrons. The van der Waals surface area contributed by atoms with E-state index in [2.05, 4.69) is 22.4 Å². The zero-order chi connectivity index (χ0) is 11.9. The van der Waals surface area contributed by atoms with E-state index in [0.29, 0.717) is 5.82 Å². The highest BCUT2D eigenvalue weighted by atomic mass is 16.5. The standard InChI is InChI=1S/C12H19N3O2/c1-11(5-6-13-8-11)10-14-9(15-17-10)12(2)4-3-7-16-12/h13H,3-8H2,1-2H3. The highest BCUT2D eigenvalue weighted by Crippen LogP contribution is 2.36. The molecule has 2 fully saturated rings. The van der Waals surface area contributed by atoms with Crippen LogP contribution in [0.15, 0.2) is 4.52 Å². The van der Waals surface area contributed by atoms with E-state index in [1.165, 1.54) is 0 Å². The highest BCUT2D eigenvalue weighted by molar-refractivity contribution is 5.10. The SMILES string of the molecule is CC1(c2nc(C3(C)CCCO3)no2)CCNC1. The first-order chi connectivity index (χ1) is 8.12. The van der Waals surface area contributed by atoms with Crippen LogP contribution in [0.1, 0.15) is 44.8 Å². The molecule has 0 radical (unpaired) electrons. The van der Waals surface area contributed by atoms with E-state index < -0.39 is 0 Å². The monoisotopic (exact) mass is 237 g/mol. The molecule has 0 aliphatic carbocycles. The fraction of sp³-hybridized carbons (Fsp3) is 0.833. The number of nitrogens with zero attached hydrogens (tertiary/aromatic N) is 2. The summed E-state index contributed by atoms with van der Waals surface area (Å²) in [5.74, 6) is 1.45. The van der Waals surface area contributed by atoms with E-state index in [1.54, 1.807) is 0 Å². The number of aromatic nitrogens is 2. The minimum atomic E-state index is -0.343. The number of hydrogen-bond donors (Lipinski definition) is 1. The Labute approximate surface area is 101 Å². The fourth-order valence-corrected chi connectivity index (χ4v) is 2.64. The van der Waals surface area contributed by atoms with E-state index in [9.17, 15) is 0 Å². The van der Waals surface area contributed by atoms with Crippen LogP contribution < -0.4 is 5.32 Å². The van der Waals surface area contributed by atoms with Gasteiger partial charge in [-0.1, -0.05) is 5.16 Å². The van der Waals surface area contributed by atoms with Gasteiger partial charge in [0, 0.05) is 13.2 Å². The van der Waals surface area contributed by atoms with Crippen LogP contribution in [0, 0.1) is 0 Å². The van der Waals surface area contributed by atoms with Crippen molar-refractivity contribution < 1.29 is 9.26 Å². The van der Waals surface area contributed by atoms with Gasteiger partial charge in [-0.3, -0.25) is 0 Å². The Morgan fingerprint density at radius 3 is 2.82 bits per heavy atom. The zero-order valence-electron chi connectivity index (χ0n) is 10.5. The second-order valence-corrected chi connectivity index (χ2v) is 5.59. The first-order valence-electron chi connectivity index (χ1n) is 6.32. The maximum Gasteiger partial charge on any atom is 0.234 e. The summed E-state index contributed by atoms with van der Waals surface area (Å²) in [5, 5.41) is 7.46. The molecule has 5 nitrogen and oxygen atoms in total. The summed E-state index contributed by atoms with van der Waals surface area (Å²) in [4.78, 5) is 4.58. The van der Waals surface area contributed by atoms with Gasteiger partial charge in [-0.15, -0.1) is 0 Å². The molecule has 1 N–H and O–H groups in total. The van der Waals surface area contributed by atoms with Crippen molar-refractivity contribution in [2.75, 3.05) is 19.7 Å². The van der Waals surface area contributed by atoms with Gasteiger partial charge >= 0.3 is 0 Å². The van der Waals surface area contributed by atoms with Gasteiger partial charge in [0.05, 0.1) is 5.41 Å². The van der Waals surface area contributed by atoms with Crippen LogP contribution in [0.4, 0.5) is 0 Å². The van der Waals surface area contributed by atoms with Gasteiger partial charge in [0.1, 0.15) is 5.60 Å². The first-order valence-corrected chi connectivity index (χ1v) is 6.32. The van der Waals surface area contributed by atoms with Gasteiger partial charge in [0.15, 0.2) is 0 Å². The van der Waals surface area contributed by atoms with Crippen molar-refractivity contribution in [1.29, 1.82) is 0 Å². The van der Waals surface area contributed by atoms with E-state index in [4.69, 9.17) is 9.26 Å². The summed E-state index contributed by atoms with van der Waals surface area (Å²) in [7, 11) is 0. The average molecular weight is 237 g/mol. The number of rotatable bonds is 2. The molecule has 3 rings (SSSR count). The molecule has 1 aromatic heterocycles. The molecule has 3 heterocycles. The van der Waals surface area contributed by atoms with Crippen LogP contribution in [0.5, 0.6) is 0 Å². The van der Waals surface area contributed by atoms with Gasteiger partial charge in [0.25, 0.3) is 0 Å². The maximum atomic E-state index is 5.73. The van der Waals surface area contributed by atoms with Crippen molar-refractivity contribution in [3.8, 4) is 0 Å². The molecule has 1 aromatic rings. The molecule has 0 bridgehead atoms. The van der Waals surface area contributed by atoms with Gasteiger partial charge < -0.3 is 14.6 Å². The lowest BCUT2D eigenvalue weighted by Crippen LogP contribution is -2.26. The molecule has 2 saturated heterocycles. The van der Waals surface area contributed by atoms with Gasteiger partial charge in [-0.05, 0) is 39.7 Å². The Morgan fingerprint density at radius 1 is 1.29 bits per heavy atom. The molecular formula is C12H19N3O2. The van der Waals surface area contributed by atoms with Crippen molar-refractivity contribution in [2.45, 2.75) is 44.1 Å². The molecule has 2 aliphatic rings. The summed E-state index contributed by atoms with van der Waals surface area (Å²) in [6.07, 6.45) is 3.09. The topological polar surface area (TPSA) is 60.2 Å². The lowest BCUT2D eigenvalue weighted by atomic mass is 9.90. The summed E-state index contributed by atoms with van der Waals surface area (Å²) < 4.78 is 11.2. The normalized spacial score (nSPS) is 37.8. The van der Waals surface area contributed by atoms with Crippen molar-refractivity contribution in [3.05, 3.63) is 11.7 Å². The first kappa shape index (κ1) is 11.2. The summed E-state index contributed by atoms with van der Waals surface area (Å²) in [5.41, 5.74) is -0.357. The smallest absolute Gasteiger partial charge is 0.234 e. The van der Waals surface area contributed by atoms with Crippen molar-refractivity contribution in [1.82, 2.24) is 15.5 Å². The Balaban J connectivity index is 1.87. The maximum absolute atomic E-state index is 5.73. The third-order valence-corrected chi connectivity index (χ3v) is 4.00. The number of ether oxygens (including phenoxy) is 1. The lowest BCUT2D eigenvalue weighted by molar-refractivity contribution is 0.00768. The lowest BCUT2D eigenvalue weighted by Gasteiger charge is -2.19. The molecule has 2 unspecified atom stereocenters. The van der Waals surface area contributed by atoms with Crippen molar-refractivity contribution in [2.24, 2.45) is 0 Å². The van der Waals surface area contributed by atoms with E-state index in [0.717, 1.165) is 44.8 Å².